The van der Waals surface area contributed by atoms with Crippen molar-refractivity contribution in [1.29, 1.82) is 0 Å². The van der Waals surface area contributed by atoms with Crippen molar-refractivity contribution >= 4 is 17.5 Å². The number of para-hydroxylation sites is 2. The molecule has 0 fully saturated rings. The second-order valence-electron chi connectivity index (χ2n) is 8.58. The summed E-state index contributed by atoms with van der Waals surface area (Å²) >= 11 is 0. The van der Waals surface area contributed by atoms with E-state index in [1.807, 2.05) is 54.3 Å². The molecular weight excluding hydrogens is 444 g/mol. The SMILES string of the molecule is CCOc1ccccc1NC(=O)[C@@H]1c2cc(OC)c(OC)cc2C(=O)N2CCc3ccccc3[C@@H]12. The Bertz CT molecular complexity index is 1290. The summed E-state index contributed by atoms with van der Waals surface area (Å²) in [5.74, 6) is 0.548. The van der Waals surface area contributed by atoms with Crippen LogP contribution >= 0.6 is 0 Å². The van der Waals surface area contributed by atoms with Gasteiger partial charge in [-0.2, -0.15) is 0 Å². The number of benzene rings is 3. The monoisotopic (exact) mass is 472 g/mol. The van der Waals surface area contributed by atoms with Crippen LogP contribution in [-0.2, 0) is 11.2 Å². The number of anilines is 1. The van der Waals surface area contributed by atoms with Gasteiger partial charge in [0.15, 0.2) is 11.5 Å². The van der Waals surface area contributed by atoms with E-state index in [0.717, 1.165) is 17.5 Å². The molecule has 0 saturated heterocycles. The molecule has 2 amide bonds. The van der Waals surface area contributed by atoms with Gasteiger partial charge in [-0.15, -0.1) is 0 Å². The van der Waals surface area contributed by atoms with Gasteiger partial charge >= 0.3 is 0 Å². The number of ether oxygens (including phenoxy) is 3. The van der Waals surface area contributed by atoms with Crippen LogP contribution < -0.4 is 19.5 Å². The molecule has 7 heteroatoms. The van der Waals surface area contributed by atoms with Crippen molar-refractivity contribution in [3.8, 4) is 17.2 Å². The average Bonchev–Trinajstić information content (AvgIpc) is 2.89. The zero-order valence-corrected chi connectivity index (χ0v) is 20.0. The molecule has 3 aromatic carbocycles. The lowest BCUT2D eigenvalue weighted by Crippen LogP contribution is -2.49. The van der Waals surface area contributed by atoms with Crippen LogP contribution in [0.25, 0.3) is 0 Å². The fraction of sp³-hybridized carbons (Fsp3) is 0.286. The van der Waals surface area contributed by atoms with Crippen molar-refractivity contribution in [3.63, 3.8) is 0 Å². The Kier molecular flexibility index (Phi) is 6.07. The lowest BCUT2D eigenvalue weighted by Gasteiger charge is -2.45. The molecule has 7 nitrogen and oxygen atoms in total. The number of hydrogen-bond donors (Lipinski definition) is 1. The predicted octanol–water partition coefficient (Wildman–Crippen LogP) is 4.58. The second kappa shape index (κ2) is 9.33. The maximum atomic E-state index is 14.0. The van der Waals surface area contributed by atoms with Crippen molar-refractivity contribution in [2.24, 2.45) is 0 Å². The van der Waals surface area contributed by atoms with Crippen LogP contribution in [0.4, 0.5) is 5.69 Å². The van der Waals surface area contributed by atoms with Gasteiger partial charge in [0.1, 0.15) is 5.75 Å². The molecule has 2 aliphatic rings. The summed E-state index contributed by atoms with van der Waals surface area (Å²) in [5.41, 5.74) is 3.81. The van der Waals surface area contributed by atoms with Crippen molar-refractivity contribution < 1.29 is 23.8 Å². The van der Waals surface area contributed by atoms with Crippen molar-refractivity contribution in [2.75, 3.05) is 32.7 Å². The Hall–Kier alpha value is -4.00. The summed E-state index contributed by atoms with van der Waals surface area (Å²) < 4.78 is 16.7. The van der Waals surface area contributed by atoms with Crippen LogP contribution in [0, 0.1) is 0 Å². The Morgan fingerprint density at radius 3 is 2.46 bits per heavy atom. The van der Waals surface area contributed by atoms with E-state index in [1.54, 1.807) is 19.2 Å². The zero-order chi connectivity index (χ0) is 24.5. The molecule has 0 aromatic heterocycles. The molecule has 180 valence electrons. The molecule has 2 aliphatic heterocycles. The van der Waals surface area contributed by atoms with Crippen molar-refractivity contribution in [2.45, 2.75) is 25.3 Å². The second-order valence-corrected chi connectivity index (χ2v) is 8.58. The van der Waals surface area contributed by atoms with Crippen LogP contribution in [0.1, 0.15) is 45.9 Å². The van der Waals surface area contributed by atoms with Crippen molar-refractivity contribution in [1.82, 2.24) is 4.90 Å². The van der Waals surface area contributed by atoms with E-state index in [-0.39, 0.29) is 11.8 Å². The lowest BCUT2D eigenvalue weighted by atomic mass is 9.75. The minimum atomic E-state index is -0.654. The molecular formula is C28H28N2O5. The molecule has 2 atom stereocenters. The molecule has 35 heavy (non-hydrogen) atoms. The first-order chi connectivity index (χ1) is 17.1. The van der Waals surface area contributed by atoms with Gasteiger partial charge in [0.05, 0.1) is 38.5 Å². The van der Waals surface area contributed by atoms with E-state index in [2.05, 4.69) is 11.4 Å². The maximum absolute atomic E-state index is 14.0. The predicted molar refractivity (Wildman–Crippen MR) is 132 cm³/mol. The quantitative estimate of drug-likeness (QED) is 0.568. The largest absolute Gasteiger partial charge is 0.493 e. The number of nitrogens with one attached hydrogen (secondary N) is 1. The summed E-state index contributed by atoms with van der Waals surface area (Å²) in [6.07, 6.45) is 0.739. The van der Waals surface area contributed by atoms with Gasteiger partial charge in [0, 0.05) is 12.1 Å². The number of fused-ring (bicyclic) bond motifs is 4. The standard InChI is InChI=1S/C28H28N2O5/c1-4-35-22-12-8-7-11-21(22)29-27(31)25-19-15-23(33-2)24(34-3)16-20(19)28(32)30-14-13-17-9-5-6-10-18(17)26(25)30/h5-12,15-16,25-26H,4,13-14H2,1-3H3,(H,29,31)/t25-,26+/m1/s1. The number of carbonyl (C=O) groups is 2. The molecule has 1 N–H and O–H groups in total. The average molecular weight is 473 g/mol. The van der Waals surface area contributed by atoms with E-state index in [0.29, 0.717) is 47.2 Å². The number of methoxy groups -OCH3 is 2. The third-order valence-corrected chi connectivity index (χ3v) is 6.76. The van der Waals surface area contributed by atoms with E-state index >= 15 is 0 Å². The summed E-state index contributed by atoms with van der Waals surface area (Å²) in [4.78, 5) is 29.5. The molecule has 0 aliphatic carbocycles. The van der Waals surface area contributed by atoms with Gasteiger partial charge in [-0.25, -0.2) is 0 Å². The molecule has 0 saturated carbocycles. The van der Waals surface area contributed by atoms with Crippen molar-refractivity contribution in [3.05, 3.63) is 82.9 Å². The number of hydrogen-bond acceptors (Lipinski definition) is 5. The van der Waals surface area contributed by atoms with E-state index in [4.69, 9.17) is 14.2 Å². The normalized spacial score (nSPS) is 18.1. The van der Waals surface area contributed by atoms with Crippen LogP contribution in [-0.4, -0.2) is 44.1 Å². The maximum Gasteiger partial charge on any atom is 0.254 e. The molecule has 0 radical (unpaired) electrons. The molecule has 2 heterocycles. The van der Waals surface area contributed by atoms with Gasteiger partial charge < -0.3 is 24.4 Å². The fourth-order valence-electron chi connectivity index (χ4n) is 5.19. The fourth-order valence-corrected chi connectivity index (χ4v) is 5.19. The highest BCUT2D eigenvalue weighted by molar-refractivity contribution is 6.05. The number of nitrogens with zero attached hydrogens (tertiary/aromatic N) is 1. The number of rotatable bonds is 6. The van der Waals surface area contributed by atoms with E-state index in [1.165, 1.54) is 7.11 Å². The van der Waals surface area contributed by atoms with Crippen LogP contribution in [0.15, 0.2) is 60.7 Å². The minimum Gasteiger partial charge on any atom is -0.493 e. The summed E-state index contributed by atoms with van der Waals surface area (Å²) in [5, 5.41) is 3.08. The number of carbonyl (C=O) groups excluding carboxylic acids is 2. The Balaban J connectivity index is 1.67. The summed E-state index contributed by atoms with van der Waals surface area (Å²) in [6.45, 7) is 2.92. The Morgan fingerprint density at radius 2 is 1.69 bits per heavy atom. The summed E-state index contributed by atoms with van der Waals surface area (Å²) in [7, 11) is 3.08. The molecule has 3 aromatic rings. The van der Waals surface area contributed by atoms with Gasteiger partial charge in [-0.05, 0) is 54.3 Å². The van der Waals surface area contributed by atoms with Gasteiger partial charge in [0.25, 0.3) is 5.91 Å². The van der Waals surface area contributed by atoms with Crippen LogP contribution in [0.5, 0.6) is 17.2 Å². The Labute approximate surface area is 204 Å². The minimum absolute atomic E-state index is 0.112. The van der Waals surface area contributed by atoms with Gasteiger partial charge in [-0.1, -0.05) is 36.4 Å². The topological polar surface area (TPSA) is 77.1 Å². The summed E-state index contributed by atoms with van der Waals surface area (Å²) in [6, 6.07) is 18.4. The van der Waals surface area contributed by atoms with E-state index < -0.39 is 12.0 Å². The number of amides is 2. The first-order valence-electron chi connectivity index (χ1n) is 11.7. The smallest absolute Gasteiger partial charge is 0.254 e. The zero-order valence-electron chi connectivity index (χ0n) is 20.0. The highest BCUT2D eigenvalue weighted by Crippen LogP contribution is 2.48. The van der Waals surface area contributed by atoms with Crippen LogP contribution in [0.3, 0.4) is 0 Å². The first kappa shape index (κ1) is 22.8. The molecule has 0 bridgehead atoms. The lowest BCUT2D eigenvalue weighted by molar-refractivity contribution is -0.119. The Morgan fingerprint density at radius 1 is 0.971 bits per heavy atom. The first-order valence-corrected chi connectivity index (χ1v) is 11.7. The highest BCUT2D eigenvalue weighted by atomic mass is 16.5. The van der Waals surface area contributed by atoms with Gasteiger partial charge in [0.2, 0.25) is 5.91 Å². The third kappa shape index (κ3) is 3.87. The highest BCUT2D eigenvalue weighted by Gasteiger charge is 2.47. The van der Waals surface area contributed by atoms with E-state index in [9.17, 15) is 9.59 Å². The van der Waals surface area contributed by atoms with Crippen LogP contribution in [0.2, 0.25) is 0 Å². The molecule has 5 rings (SSSR count). The third-order valence-electron chi connectivity index (χ3n) is 6.76. The molecule has 0 spiro atoms. The van der Waals surface area contributed by atoms with Gasteiger partial charge in [-0.3, -0.25) is 9.59 Å². The molecule has 0 unspecified atom stereocenters.